The summed E-state index contributed by atoms with van der Waals surface area (Å²) in [7, 11) is 0. The zero-order valence-electron chi connectivity index (χ0n) is 15.9. The number of benzene rings is 2. The molecule has 7 heteroatoms. The maximum Gasteiger partial charge on any atom is 0.257 e. The number of amides is 2. The molecule has 4 nitrogen and oxygen atoms in total. The molecule has 0 spiro atoms. The van der Waals surface area contributed by atoms with Crippen LogP contribution < -0.4 is 5.32 Å². The fraction of sp³-hybridized carbons (Fsp3) is 0.333. The molecule has 2 aromatic rings. The van der Waals surface area contributed by atoms with Crippen LogP contribution >= 0.6 is 23.4 Å². The summed E-state index contributed by atoms with van der Waals surface area (Å²) in [5, 5.41) is 2.88. The number of nitrogens with zero attached hydrogens (tertiary/aromatic N) is 1. The number of hydrogen-bond acceptors (Lipinski definition) is 3. The van der Waals surface area contributed by atoms with Gasteiger partial charge in [-0.1, -0.05) is 35.9 Å². The summed E-state index contributed by atoms with van der Waals surface area (Å²) in [5.74, 6) is -0.443. The third-order valence-corrected chi connectivity index (χ3v) is 5.95. The van der Waals surface area contributed by atoms with Gasteiger partial charge in [0.2, 0.25) is 5.91 Å². The van der Waals surface area contributed by atoms with Crippen molar-refractivity contribution < 1.29 is 14.0 Å². The second-order valence-corrected chi connectivity index (χ2v) is 9.20. The normalized spacial score (nSPS) is 19.5. The first-order valence-corrected chi connectivity index (χ1v) is 10.4. The number of hydrogen-bond donors (Lipinski definition) is 1. The summed E-state index contributed by atoms with van der Waals surface area (Å²) in [5.41, 5.74) is 0.680. The number of rotatable bonds is 3. The van der Waals surface area contributed by atoms with Crippen molar-refractivity contribution in [3.8, 4) is 0 Å². The first-order chi connectivity index (χ1) is 13.2. The van der Waals surface area contributed by atoms with Crippen molar-refractivity contribution in [3.63, 3.8) is 0 Å². The van der Waals surface area contributed by atoms with Gasteiger partial charge in [0, 0.05) is 11.3 Å². The van der Waals surface area contributed by atoms with E-state index >= 15 is 0 Å². The standard InChI is InChI=1S/C21H22ClFN2O2S/c1-21(2,3)24-18(26)17-12-28-20(13-8-10-14(23)11-9-13)25(17)19(27)15-6-4-5-7-16(15)22/h4-11,17,20H,12H2,1-3H3,(H,24,26)/t17-,20-/m1/s1. The molecule has 0 aromatic heterocycles. The van der Waals surface area contributed by atoms with Crippen molar-refractivity contribution in [2.24, 2.45) is 0 Å². The van der Waals surface area contributed by atoms with E-state index in [1.54, 1.807) is 41.3 Å². The molecule has 0 bridgehead atoms. The molecule has 3 rings (SSSR count). The Morgan fingerprint density at radius 1 is 1.14 bits per heavy atom. The molecule has 1 fully saturated rings. The van der Waals surface area contributed by atoms with Gasteiger partial charge in [-0.15, -0.1) is 11.8 Å². The highest BCUT2D eigenvalue weighted by Crippen LogP contribution is 2.43. The lowest BCUT2D eigenvalue weighted by Crippen LogP contribution is -2.52. The predicted molar refractivity (Wildman–Crippen MR) is 111 cm³/mol. The Balaban J connectivity index is 1.99. The highest BCUT2D eigenvalue weighted by atomic mass is 35.5. The predicted octanol–water partition coefficient (Wildman–Crippen LogP) is 4.65. The van der Waals surface area contributed by atoms with Crippen LogP contribution in [-0.2, 0) is 4.79 Å². The lowest BCUT2D eigenvalue weighted by atomic mass is 10.1. The van der Waals surface area contributed by atoms with Crippen molar-refractivity contribution in [1.29, 1.82) is 0 Å². The second kappa shape index (κ2) is 8.13. The van der Waals surface area contributed by atoms with E-state index in [0.29, 0.717) is 16.3 Å². The first-order valence-electron chi connectivity index (χ1n) is 8.93. The molecule has 2 atom stereocenters. The summed E-state index contributed by atoms with van der Waals surface area (Å²) in [6, 6.07) is 12.1. The molecule has 0 aliphatic carbocycles. The van der Waals surface area contributed by atoms with Gasteiger partial charge in [0.25, 0.3) is 5.91 Å². The van der Waals surface area contributed by atoms with Crippen molar-refractivity contribution >= 4 is 35.2 Å². The number of nitrogens with one attached hydrogen (secondary N) is 1. The summed E-state index contributed by atoms with van der Waals surface area (Å²) in [6.45, 7) is 5.68. The highest BCUT2D eigenvalue weighted by Gasteiger charge is 2.43. The van der Waals surface area contributed by atoms with Gasteiger partial charge in [0.15, 0.2) is 0 Å². The smallest absolute Gasteiger partial charge is 0.257 e. The van der Waals surface area contributed by atoms with E-state index in [0.717, 1.165) is 5.56 Å². The van der Waals surface area contributed by atoms with Crippen molar-refractivity contribution in [2.45, 2.75) is 37.7 Å². The number of halogens is 2. The lowest BCUT2D eigenvalue weighted by Gasteiger charge is -2.31. The first kappa shape index (κ1) is 20.7. The summed E-state index contributed by atoms with van der Waals surface area (Å²) in [6.07, 6.45) is 0. The van der Waals surface area contributed by atoms with E-state index in [9.17, 15) is 14.0 Å². The minimum Gasteiger partial charge on any atom is -0.350 e. The average Bonchev–Trinajstić information content (AvgIpc) is 3.06. The Kier molecular flexibility index (Phi) is 6.01. The molecule has 28 heavy (non-hydrogen) atoms. The molecule has 1 heterocycles. The molecule has 2 aromatic carbocycles. The van der Waals surface area contributed by atoms with Crippen LogP contribution in [0.25, 0.3) is 0 Å². The fourth-order valence-electron chi connectivity index (χ4n) is 3.07. The molecule has 1 aliphatic rings. The van der Waals surface area contributed by atoms with Crippen molar-refractivity contribution in [3.05, 3.63) is 70.5 Å². The Hall–Kier alpha value is -2.05. The van der Waals surface area contributed by atoms with Crippen LogP contribution in [0.5, 0.6) is 0 Å². The quantitative estimate of drug-likeness (QED) is 0.786. The topological polar surface area (TPSA) is 49.4 Å². The lowest BCUT2D eigenvalue weighted by molar-refractivity contribution is -0.126. The second-order valence-electron chi connectivity index (χ2n) is 7.68. The van der Waals surface area contributed by atoms with Gasteiger partial charge < -0.3 is 10.2 Å². The summed E-state index contributed by atoms with van der Waals surface area (Å²) >= 11 is 7.72. The number of thioether (sulfide) groups is 1. The maximum atomic E-state index is 13.4. The van der Waals surface area contributed by atoms with Crippen molar-refractivity contribution in [2.75, 3.05) is 5.75 Å². The minimum atomic E-state index is -0.650. The van der Waals surface area contributed by atoms with Gasteiger partial charge in [0.05, 0.1) is 10.6 Å². The van der Waals surface area contributed by atoms with Gasteiger partial charge in [-0.2, -0.15) is 0 Å². The van der Waals surface area contributed by atoms with E-state index in [-0.39, 0.29) is 17.6 Å². The number of carbonyl (C=O) groups excluding carboxylic acids is 2. The monoisotopic (exact) mass is 420 g/mol. The average molecular weight is 421 g/mol. The van der Waals surface area contributed by atoms with E-state index < -0.39 is 17.0 Å². The van der Waals surface area contributed by atoms with Crippen LogP contribution in [-0.4, -0.2) is 34.0 Å². The summed E-state index contributed by atoms with van der Waals surface area (Å²) in [4.78, 5) is 27.8. The zero-order chi connectivity index (χ0) is 20.5. The zero-order valence-corrected chi connectivity index (χ0v) is 17.5. The third kappa shape index (κ3) is 4.50. The van der Waals surface area contributed by atoms with Crippen LogP contribution in [0.1, 0.15) is 42.1 Å². The van der Waals surface area contributed by atoms with Crippen LogP contribution in [0.15, 0.2) is 48.5 Å². The van der Waals surface area contributed by atoms with Gasteiger partial charge >= 0.3 is 0 Å². The van der Waals surface area contributed by atoms with E-state index in [1.165, 1.54) is 23.9 Å². The molecule has 0 radical (unpaired) electrons. The molecular weight excluding hydrogens is 399 g/mol. The Labute approximate surface area is 173 Å². The molecule has 1 saturated heterocycles. The van der Waals surface area contributed by atoms with E-state index in [4.69, 9.17) is 11.6 Å². The third-order valence-electron chi connectivity index (χ3n) is 4.30. The minimum absolute atomic E-state index is 0.218. The fourth-order valence-corrected chi connectivity index (χ4v) is 4.71. The highest BCUT2D eigenvalue weighted by molar-refractivity contribution is 7.99. The molecule has 0 saturated carbocycles. The maximum absolute atomic E-state index is 13.4. The molecule has 148 valence electrons. The molecule has 0 unspecified atom stereocenters. The summed E-state index contributed by atoms with van der Waals surface area (Å²) < 4.78 is 13.4. The van der Waals surface area contributed by atoms with Crippen LogP contribution in [0, 0.1) is 5.82 Å². The van der Waals surface area contributed by atoms with Crippen LogP contribution in [0.2, 0.25) is 5.02 Å². The van der Waals surface area contributed by atoms with Gasteiger partial charge in [-0.25, -0.2) is 4.39 Å². The molecule has 2 amide bonds. The van der Waals surface area contributed by atoms with Gasteiger partial charge in [0.1, 0.15) is 17.2 Å². The van der Waals surface area contributed by atoms with Crippen molar-refractivity contribution in [1.82, 2.24) is 10.2 Å². The Bertz CT molecular complexity index is 883. The Morgan fingerprint density at radius 3 is 2.39 bits per heavy atom. The van der Waals surface area contributed by atoms with Gasteiger partial charge in [-0.3, -0.25) is 9.59 Å². The SMILES string of the molecule is CC(C)(C)NC(=O)[C@H]1CS[C@H](c2ccc(F)cc2)N1C(=O)c1ccccc1Cl. The molecular formula is C21H22ClFN2O2S. The largest absolute Gasteiger partial charge is 0.350 e. The Morgan fingerprint density at radius 2 is 1.79 bits per heavy atom. The van der Waals surface area contributed by atoms with Crippen LogP contribution in [0.3, 0.4) is 0 Å². The van der Waals surface area contributed by atoms with Crippen LogP contribution in [0.4, 0.5) is 4.39 Å². The van der Waals surface area contributed by atoms with E-state index in [2.05, 4.69) is 5.32 Å². The molecule has 1 N–H and O–H groups in total. The van der Waals surface area contributed by atoms with E-state index in [1.807, 2.05) is 20.8 Å². The number of carbonyl (C=O) groups is 2. The van der Waals surface area contributed by atoms with Gasteiger partial charge in [-0.05, 0) is 50.6 Å². The molecule has 1 aliphatic heterocycles.